The first-order valence-electron chi connectivity index (χ1n) is 7.97. The number of amides is 1. The van der Waals surface area contributed by atoms with Gasteiger partial charge >= 0.3 is 0 Å². The third-order valence-corrected chi connectivity index (χ3v) is 5.04. The highest BCUT2D eigenvalue weighted by atomic mass is 32.2. The number of carbonyl (C=O) groups is 1. The lowest BCUT2D eigenvalue weighted by Crippen LogP contribution is -2.20. The van der Waals surface area contributed by atoms with Gasteiger partial charge in [0.1, 0.15) is 0 Å². The maximum absolute atomic E-state index is 12.4. The topological polar surface area (TPSA) is 101 Å². The molecule has 0 aliphatic heterocycles. The summed E-state index contributed by atoms with van der Waals surface area (Å²) in [5.74, 6) is -0.168. The Morgan fingerprint density at radius 1 is 1.12 bits per heavy atom. The monoisotopic (exact) mass is 362 g/mol. The van der Waals surface area contributed by atoms with Crippen molar-refractivity contribution in [2.75, 3.05) is 10.0 Å². The Morgan fingerprint density at radius 2 is 1.68 bits per heavy atom. The second kappa shape index (κ2) is 7.60. The van der Waals surface area contributed by atoms with Crippen LogP contribution < -0.4 is 10.0 Å². The van der Waals surface area contributed by atoms with Gasteiger partial charge in [0.2, 0.25) is 11.9 Å². The smallest absolute Gasteiger partial charge is 0.264 e. The van der Waals surface area contributed by atoms with Crippen LogP contribution >= 0.6 is 0 Å². The molecule has 2 rings (SSSR count). The molecule has 1 heterocycles. The van der Waals surface area contributed by atoms with E-state index in [-0.39, 0.29) is 22.7 Å². The van der Waals surface area contributed by atoms with Crippen molar-refractivity contribution in [2.45, 2.75) is 39.0 Å². The normalized spacial score (nSPS) is 12.5. The minimum atomic E-state index is -3.80. The summed E-state index contributed by atoms with van der Waals surface area (Å²) in [4.78, 5) is 20.1. The largest absolute Gasteiger partial charge is 0.326 e. The zero-order valence-corrected chi connectivity index (χ0v) is 15.5. The lowest BCUT2D eigenvalue weighted by Gasteiger charge is -2.11. The second-order valence-electron chi connectivity index (χ2n) is 5.90. The van der Waals surface area contributed by atoms with Gasteiger partial charge in [0.05, 0.1) is 4.90 Å². The minimum Gasteiger partial charge on any atom is -0.326 e. The van der Waals surface area contributed by atoms with E-state index < -0.39 is 10.0 Å². The summed E-state index contributed by atoms with van der Waals surface area (Å²) in [5.41, 5.74) is 1.90. The van der Waals surface area contributed by atoms with Crippen molar-refractivity contribution in [3.05, 3.63) is 41.7 Å². The van der Waals surface area contributed by atoms with Crippen molar-refractivity contribution in [3.63, 3.8) is 0 Å². The maximum Gasteiger partial charge on any atom is 0.264 e. The molecule has 25 heavy (non-hydrogen) atoms. The van der Waals surface area contributed by atoms with E-state index in [2.05, 4.69) is 20.0 Å². The van der Waals surface area contributed by atoms with Crippen LogP contribution in [0.15, 0.2) is 35.2 Å². The first-order chi connectivity index (χ1) is 11.7. The van der Waals surface area contributed by atoms with Crippen LogP contribution in [0.5, 0.6) is 0 Å². The number of aromatic nitrogens is 2. The maximum atomic E-state index is 12.4. The van der Waals surface area contributed by atoms with Crippen LogP contribution in [0.3, 0.4) is 0 Å². The van der Waals surface area contributed by atoms with Crippen molar-refractivity contribution >= 4 is 27.6 Å². The molecule has 0 spiro atoms. The van der Waals surface area contributed by atoms with Gasteiger partial charge in [-0.15, -0.1) is 0 Å². The summed E-state index contributed by atoms with van der Waals surface area (Å²) in [6, 6.07) is 7.72. The molecule has 0 bridgehead atoms. The molecular weight excluding hydrogens is 340 g/mol. The Hall–Kier alpha value is -2.48. The van der Waals surface area contributed by atoms with Crippen molar-refractivity contribution in [1.82, 2.24) is 9.97 Å². The van der Waals surface area contributed by atoms with E-state index in [4.69, 9.17) is 0 Å². The molecule has 0 saturated carbocycles. The number of aryl methyl sites for hydroxylation is 2. The lowest BCUT2D eigenvalue weighted by molar-refractivity contribution is -0.119. The molecular formula is C17H22N4O3S. The van der Waals surface area contributed by atoms with Gasteiger partial charge in [-0.1, -0.05) is 13.8 Å². The summed E-state index contributed by atoms with van der Waals surface area (Å²) < 4.78 is 27.2. The highest BCUT2D eigenvalue weighted by molar-refractivity contribution is 7.92. The molecule has 0 aliphatic rings. The second-order valence-corrected chi connectivity index (χ2v) is 7.59. The lowest BCUT2D eigenvalue weighted by atomic mass is 10.1. The molecule has 8 heteroatoms. The van der Waals surface area contributed by atoms with Gasteiger partial charge in [-0.05, 0) is 50.6 Å². The molecule has 1 amide bonds. The molecule has 2 aromatic rings. The molecule has 0 fully saturated rings. The van der Waals surface area contributed by atoms with Crippen LogP contribution in [0.4, 0.5) is 11.6 Å². The van der Waals surface area contributed by atoms with E-state index >= 15 is 0 Å². The average Bonchev–Trinajstić information content (AvgIpc) is 2.53. The van der Waals surface area contributed by atoms with Crippen LogP contribution in [0.25, 0.3) is 0 Å². The van der Waals surface area contributed by atoms with Gasteiger partial charge in [0, 0.05) is 23.0 Å². The van der Waals surface area contributed by atoms with Crippen LogP contribution in [-0.2, 0) is 14.8 Å². The number of benzene rings is 1. The third-order valence-electron chi connectivity index (χ3n) is 3.70. The van der Waals surface area contributed by atoms with Gasteiger partial charge in [0.15, 0.2) is 0 Å². The molecule has 0 saturated heterocycles. The number of nitrogens with one attached hydrogen (secondary N) is 2. The molecule has 0 unspecified atom stereocenters. The van der Waals surface area contributed by atoms with E-state index in [1.54, 1.807) is 32.0 Å². The quantitative estimate of drug-likeness (QED) is 0.823. The van der Waals surface area contributed by atoms with Crippen LogP contribution in [0.2, 0.25) is 0 Å². The fourth-order valence-electron chi connectivity index (χ4n) is 2.12. The third kappa shape index (κ3) is 4.99. The van der Waals surface area contributed by atoms with Gasteiger partial charge < -0.3 is 5.32 Å². The molecule has 1 atom stereocenters. The van der Waals surface area contributed by atoms with E-state index in [1.807, 2.05) is 13.8 Å². The molecule has 0 aliphatic carbocycles. The van der Waals surface area contributed by atoms with Crippen molar-refractivity contribution in [1.29, 1.82) is 0 Å². The van der Waals surface area contributed by atoms with E-state index in [0.29, 0.717) is 17.1 Å². The van der Waals surface area contributed by atoms with Crippen molar-refractivity contribution in [3.8, 4) is 0 Å². The first kappa shape index (κ1) is 18.9. The number of sulfonamides is 1. The van der Waals surface area contributed by atoms with E-state index in [1.165, 1.54) is 12.1 Å². The van der Waals surface area contributed by atoms with Crippen LogP contribution in [-0.4, -0.2) is 24.3 Å². The van der Waals surface area contributed by atoms with Crippen LogP contribution in [0.1, 0.15) is 31.7 Å². The Bertz CT molecular complexity index is 844. The predicted molar refractivity (Wildman–Crippen MR) is 96.8 cm³/mol. The predicted octanol–water partition coefficient (Wildman–Crippen LogP) is 2.88. The van der Waals surface area contributed by atoms with E-state index in [0.717, 1.165) is 6.42 Å². The average molecular weight is 362 g/mol. The minimum absolute atomic E-state index is 0.0339. The Morgan fingerprint density at radius 3 is 2.20 bits per heavy atom. The van der Waals surface area contributed by atoms with Crippen molar-refractivity contribution < 1.29 is 13.2 Å². The summed E-state index contributed by atoms with van der Waals surface area (Å²) >= 11 is 0. The molecule has 1 aromatic carbocycles. The molecule has 7 nitrogen and oxygen atoms in total. The Balaban J connectivity index is 2.16. The molecule has 134 valence electrons. The summed E-state index contributed by atoms with van der Waals surface area (Å²) in [5, 5.41) is 2.76. The van der Waals surface area contributed by atoms with Crippen LogP contribution in [0, 0.1) is 19.8 Å². The van der Waals surface area contributed by atoms with Gasteiger partial charge in [-0.3, -0.25) is 4.79 Å². The highest BCUT2D eigenvalue weighted by Gasteiger charge is 2.17. The number of anilines is 2. The SMILES string of the molecule is CC[C@@H](C)C(=O)Nc1ccc(S(=O)(=O)Nc2nc(C)cc(C)n2)cc1. The standard InChI is InChI=1S/C17H22N4O3S/c1-5-11(2)16(22)20-14-6-8-15(9-7-14)25(23,24)21-17-18-12(3)10-13(4)19-17/h6-11H,5H2,1-4H3,(H,20,22)(H,18,19,21)/t11-/m1/s1. The van der Waals surface area contributed by atoms with Gasteiger partial charge in [0.25, 0.3) is 10.0 Å². The number of carbonyl (C=O) groups excluding carboxylic acids is 1. The zero-order chi connectivity index (χ0) is 18.6. The Labute approximate surface area is 148 Å². The molecule has 1 aromatic heterocycles. The van der Waals surface area contributed by atoms with E-state index in [9.17, 15) is 13.2 Å². The summed E-state index contributed by atoms with van der Waals surface area (Å²) in [6.07, 6.45) is 0.734. The molecule has 2 N–H and O–H groups in total. The number of hydrogen-bond donors (Lipinski definition) is 2. The number of nitrogens with zero attached hydrogens (tertiary/aromatic N) is 2. The number of rotatable bonds is 6. The van der Waals surface area contributed by atoms with Gasteiger partial charge in [-0.2, -0.15) is 0 Å². The van der Waals surface area contributed by atoms with Gasteiger partial charge in [-0.25, -0.2) is 23.1 Å². The highest BCUT2D eigenvalue weighted by Crippen LogP contribution is 2.18. The zero-order valence-electron chi connectivity index (χ0n) is 14.7. The summed E-state index contributed by atoms with van der Waals surface area (Å²) in [6.45, 7) is 7.30. The fraction of sp³-hybridized carbons (Fsp3) is 0.353. The van der Waals surface area contributed by atoms with Crippen molar-refractivity contribution in [2.24, 2.45) is 5.92 Å². The summed E-state index contributed by atoms with van der Waals surface area (Å²) in [7, 11) is -3.80. The Kier molecular flexibility index (Phi) is 5.73. The fourth-order valence-corrected chi connectivity index (χ4v) is 3.06. The number of hydrogen-bond acceptors (Lipinski definition) is 5. The molecule has 0 radical (unpaired) electrons. The first-order valence-corrected chi connectivity index (χ1v) is 9.45.